The first kappa shape index (κ1) is 10.4. The van der Waals surface area contributed by atoms with E-state index in [4.69, 9.17) is 4.12 Å². The van der Waals surface area contributed by atoms with Crippen molar-refractivity contribution in [3.05, 3.63) is 41.6 Å². The lowest BCUT2D eigenvalue weighted by Gasteiger charge is -2.01. The molecule has 0 atom stereocenters. The van der Waals surface area contributed by atoms with Gasteiger partial charge in [-0.3, -0.25) is 0 Å². The van der Waals surface area contributed by atoms with Crippen LogP contribution in [0.1, 0.15) is 5.56 Å². The van der Waals surface area contributed by atoms with Crippen molar-refractivity contribution in [2.75, 3.05) is 0 Å². The molecule has 0 spiro atoms. The van der Waals surface area contributed by atoms with E-state index in [-0.39, 0.29) is 0 Å². The number of hydrogen-bond donors (Lipinski definition) is 0. The van der Waals surface area contributed by atoms with Crippen LogP contribution in [0, 0.1) is 0 Å². The molecule has 3 heteroatoms. The van der Waals surface area contributed by atoms with Crippen LogP contribution >= 0.6 is 0 Å². The van der Waals surface area contributed by atoms with E-state index in [2.05, 4.69) is 49.1 Å². The maximum absolute atomic E-state index is 5.65. The molecule has 0 heterocycles. The van der Waals surface area contributed by atoms with Gasteiger partial charge in [0.25, 0.3) is 0 Å². The van der Waals surface area contributed by atoms with Gasteiger partial charge in [-0.2, -0.15) is 0 Å². The van der Waals surface area contributed by atoms with Crippen molar-refractivity contribution in [1.29, 1.82) is 0 Å². The van der Waals surface area contributed by atoms with Gasteiger partial charge in [-0.05, 0) is 18.7 Å². The van der Waals surface area contributed by atoms with Gasteiger partial charge in [0.1, 0.15) is 0 Å². The fourth-order valence-corrected chi connectivity index (χ4v) is 3.35. The molecule has 0 aliphatic carbocycles. The summed E-state index contributed by atoms with van der Waals surface area (Å²) in [6.45, 7) is 4.42. The molecule has 0 saturated heterocycles. The molecule has 0 unspecified atom stereocenters. The Morgan fingerprint density at radius 1 is 1.23 bits per heavy atom. The second-order valence-corrected chi connectivity index (χ2v) is 7.43. The van der Waals surface area contributed by atoms with E-state index >= 15 is 0 Å². The third-order valence-corrected chi connectivity index (χ3v) is 5.50. The molecule has 1 aromatic rings. The van der Waals surface area contributed by atoms with Crippen LogP contribution in [0.15, 0.2) is 36.0 Å². The van der Waals surface area contributed by atoms with Crippen molar-refractivity contribution in [3.8, 4) is 0 Å². The SMILES string of the molecule is C[SiH](C)O[SiH2]C=Cc1ccccc1. The summed E-state index contributed by atoms with van der Waals surface area (Å²) in [6, 6.07) is 10.4. The highest BCUT2D eigenvalue weighted by molar-refractivity contribution is 6.57. The smallest absolute Gasteiger partial charge is 0.171 e. The molecule has 70 valence electrons. The molecule has 0 radical (unpaired) electrons. The summed E-state index contributed by atoms with van der Waals surface area (Å²) in [5.74, 6) is 0. The molecule has 1 rings (SSSR count). The van der Waals surface area contributed by atoms with Crippen LogP contribution in [0.5, 0.6) is 0 Å². The minimum Gasteiger partial charge on any atom is -0.460 e. The summed E-state index contributed by atoms with van der Waals surface area (Å²) in [6.07, 6.45) is 2.16. The zero-order valence-electron chi connectivity index (χ0n) is 8.23. The Labute approximate surface area is 84.1 Å². The van der Waals surface area contributed by atoms with Gasteiger partial charge in [0.05, 0.1) is 0 Å². The van der Waals surface area contributed by atoms with E-state index < -0.39 is 18.8 Å². The summed E-state index contributed by atoms with van der Waals surface area (Å²) in [5, 5.41) is 0. The Morgan fingerprint density at radius 2 is 1.92 bits per heavy atom. The highest BCUT2D eigenvalue weighted by Crippen LogP contribution is 2.00. The maximum Gasteiger partial charge on any atom is 0.171 e. The monoisotopic (exact) mass is 208 g/mol. The lowest BCUT2D eigenvalue weighted by Crippen LogP contribution is -2.09. The average Bonchev–Trinajstić information content (AvgIpc) is 2.14. The van der Waals surface area contributed by atoms with Crippen LogP contribution < -0.4 is 0 Å². The average molecular weight is 208 g/mol. The van der Waals surface area contributed by atoms with E-state index in [9.17, 15) is 0 Å². The molecule has 1 aromatic carbocycles. The molecule has 0 N–H and O–H groups in total. The van der Waals surface area contributed by atoms with Crippen LogP contribution in [0.2, 0.25) is 13.1 Å². The van der Waals surface area contributed by atoms with Crippen molar-refractivity contribution in [2.45, 2.75) is 13.1 Å². The third-order valence-electron chi connectivity index (χ3n) is 1.64. The van der Waals surface area contributed by atoms with E-state index in [0.717, 1.165) is 0 Å². The molecule has 1 nitrogen and oxygen atoms in total. The Bertz CT molecular complexity index is 257. The minimum absolute atomic E-state index is 0.399. The van der Waals surface area contributed by atoms with Crippen molar-refractivity contribution >= 4 is 24.9 Å². The van der Waals surface area contributed by atoms with Crippen LogP contribution in [-0.2, 0) is 4.12 Å². The molecule has 13 heavy (non-hydrogen) atoms. The molecule has 0 aromatic heterocycles. The van der Waals surface area contributed by atoms with Crippen molar-refractivity contribution in [2.24, 2.45) is 0 Å². The largest absolute Gasteiger partial charge is 0.460 e. The lowest BCUT2D eigenvalue weighted by atomic mass is 10.2. The van der Waals surface area contributed by atoms with Crippen LogP contribution in [-0.4, -0.2) is 18.8 Å². The summed E-state index contributed by atoms with van der Waals surface area (Å²) in [4.78, 5) is 0. The fraction of sp³-hybridized carbons (Fsp3) is 0.200. The predicted molar refractivity (Wildman–Crippen MR) is 64.0 cm³/mol. The van der Waals surface area contributed by atoms with E-state index in [0.29, 0.717) is 0 Å². The van der Waals surface area contributed by atoms with Crippen molar-refractivity contribution in [3.63, 3.8) is 0 Å². The summed E-state index contributed by atoms with van der Waals surface area (Å²) >= 11 is 0. The van der Waals surface area contributed by atoms with Crippen LogP contribution in [0.25, 0.3) is 6.08 Å². The van der Waals surface area contributed by atoms with E-state index in [1.165, 1.54) is 5.56 Å². The summed E-state index contributed by atoms with van der Waals surface area (Å²) < 4.78 is 5.65. The summed E-state index contributed by atoms with van der Waals surface area (Å²) in [5.41, 5.74) is 3.48. The minimum atomic E-state index is -0.786. The normalized spacial score (nSPS) is 12.2. The van der Waals surface area contributed by atoms with E-state index in [1.807, 2.05) is 6.07 Å². The molecule has 0 bridgehead atoms. The zero-order chi connectivity index (χ0) is 9.52. The molecule has 0 amide bonds. The predicted octanol–water partition coefficient (Wildman–Crippen LogP) is 1.74. The van der Waals surface area contributed by atoms with Crippen LogP contribution in [0.4, 0.5) is 0 Å². The lowest BCUT2D eigenvalue weighted by molar-refractivity contribution is 0.634. The quantitative estimate of drug-likeness (QED) is 0.685. The standard InChI is InChI=1S/C10H16OSi2/c1-13(2)11-12-9-8-10-6-4-3-5-7-10/h3-9,13H,12H2,1-2H3. The van der Waals surface area contributed by atoms with E-state index in [1.54, 1.807) is 0 Å². The van der Waals surface area contributed by atoms with Gasteiger partial charge in [-0.1, -0.05) is 42.1 Å². The first-order chi connectivity index (χ1) is 6.29. The van der Waals surface area contributed by atoms with Gasteiger partial charge >= 0.3 is 0 Å². The highest BCUT2D eigenvalue weighted by Gasteiger charge is 1.91. The maximum atomic E-state index is 5.65. The number of hydrogen-bond acceptors (Lipinski definition) is 1. The van der Waals surface area contributed by atoms with Crippen molar-refractivity contribution < 1.29 is 4.12 Å². The Morgan fingerprint density at radius 3 is 2.54 bits per heavy atom. The van der Waals surface area contributed by atoms with Gasteiger partial charge in [0, 0.05) is 0 Å². The second kappa shape index (κ2) is 5.91. The highest BCUT2D eigenvalue weighted by atomic mass is 28.3. The molecule has 0 fully saturated rings. The molecule has 0 aliphatic heterocycles. The molecular formula is C10H16OSi2. The number of benzene rings is 1. The van der Waals surface area contributed by atoms with Gasteiger partial charge in [-0.25, -0.2) is 0 Å². The second-order valence-electron chi connectivity index (χ2n) is 3.20. The first-order valence-corrected chi connectivity index (χ1v) is 8.79. The molecular weight excluding hydrogens is 192 g/mol. The zero-order valence-corrected chi connectivity index (χ0v) is 10.8. The van der Waals surface area contributed by atoms with Gasteiger partial charge < -0.3 is 4.12 Å². The Kier molecular flexibility index (Phi) is 4.74. The molecule has 0 saturated carbocycles. The summed E-state index contributed by atoms with van der Waals surface area (Å²) in [7, 11) is -1.18. The molecule has 0 aliphatic rings. The Balaban J connectivity index is 2.33. The Hall–Kier alpha value is -0.646. The van der Waals surface area contributed by atoms with Crippen LogP contribution in [0.3, 0.4) is 0 Å². The number of rotatable bonds is 4. The topological polar surface area (TPSA) is 9.23 Å². The third kappa shape index (κ3) is 4.82. The first-order valence-electron chi connectivity index (χ1n) is 4.62. The van der Waals surface area contributed by atoms with Gasteiger partial charge in [0.15, 0.2) is 18.8 Å². The fourth-order valence-electron chi connectivity index (χ4n) is 0.996. The van der Waals surface area contributed by atoms with Crippen molar-refractivity contribution in [1.82, 2.24) is 0 Å². The van der Waals surface area contributed by atoms with Gasteiger partial charge in [-0.15, -0.1) is 0 Å². The van der Waals surface area contributed by atoms with Gasteiger partial charge in [0.2, 0.25) is 0 Å².